The molecule has 0 radical (unpaired) electrons. The lowest BCUT2D eigenvalue weighted by Gasteiger charge is -2.38. The van der Waals surface area contributed by atoms with E-state index >= 15 is 0 Å². The van der Waals surface area contributed by atoms with Crippen LogP contribution in [-0.4, -0.2) is 22.8 Å². The Balaban J connectivity index is 1.86. The van der Waals surface area contributed by atoms with Gasteiger partial charge in [-0.15, -0.1) is 0 Å². The highest BCUT2D eigenvalue weighted by molar-refractivity contribution is 14.1. The summed E-state index contributed by atoms with van der Waals surface area (Å²) in [4.78, 5) is 24.4. The smallest absolute Gasteiger partial charge is 0.348 e. The predicted molar refractivity (Wildman–Crippen MR) is 86.8 cm³/mol. The van der Waals surface area contributed by atoms with Crippen molar-refractivity contribution in [1.29, 1.82) is 0 Å². The molecule has 1 aliphatic carbocycles. The largest absolute Gasteiger partial charge is 0.507 e. The second-order valence-electron chi connectivity index (χ2n) is 5.52. The van der Waals surface area contributed by atoms with Crippen LogP contribution in [0, 0.1) is 3.57 Å². The second kappa shape index (κ2) is 5.91. The van der Waals surface area contributed by atoms with Crippen molar-refractivity contribution in [2.24, 2.45) is 0 Å². The first-order valence-electron chi connectivity index (χ1n) is 7.16. The maximum Gasteiger partial charge on any atom is 0.348 e. The number of carbonyl (C=O) groups excluding carboxylic acids is 2. The van der Waals surface area contributed by atoms with E-state index in [0.717, 1.165) is 19.3 Å². The standard InChI is InChI=1S/C16H15IO5/c17-12-9-10(4-5-13(12)18)8-11-14(19)21-16(22-15(11)20)6-2-1-3-7-16/h4-5,8-9,18H,1-3,6-7H2. The predicted octanol–water partition coefficient (Wildman–Crippen LogP) is 3.14. The highest BCUT2D eigenvalue weighted by atomic mass is 127. The van der Waals surface area contributed by atoms with Crippen molar-refractivity contribution in [1.82, 2.24) is 0 Å². The number of hydrogen-bond acceptors (Lipinski definition) is 5. The van der Waals surface area contributed by atoms with E-state index in [2.05, 4.69) is 0 Å². The van der Waals surface area contributed by atoms with Gasteiger partial charge >= 0.3 is 11.9 Å². The Morgan fingerprint density at radius 2 is 1.73 bits per heavy atom. The number of hydrogen-bond donors (Lipinski definition) is 1. The Hall–Kier alpha value is -1.57. The average Bonchev–Trinajstić information content (AvgIpc) is 2.47. The van der Waals surface area contributed by atoms with Crippen LogP contribution in [0.4, 0.5) is 0 Å². The minimum absolute atomic E-state index is 0.113. The van der Waals surface area contributed by atoms with Gasteiger partial charge in [0.25, 0.3) is 5.79 Å². The van der Waals surface area contributed by atoms with Crippen molar-refractivity contribution < 1.29 is 24.2 Å². The zero-order valence-corrected chi connectivity index (χ0v) is 14.0. The fourth-order valence-corrected chi connectivity index (χ4v) is 3.28. The van der Waals surface area contributed by atoms with Gasteiger partial charge in [0.05, 0.1) is 3.57 Å². The number of ether oxygens (including phenoxy) is 2. The van der Waals surface area contributed by atoms with E-state index < -0.39 is 17.7 Å². The summed E-state index contributed by atoms with van der Waals surface area (Å²) in [7, 11) is 0. The molecule has 1 N–H and O–H groups in total. The van der Waals surface area contributed by atoms with Crippen LogP contribution in [0.5, 0.6) is 5.75 Å². The summed E-state index contributed by atoms with van der Waals surface area (Å²) >= 11 is 1.97. The quantitative estimate of drug-likeness (QED) is 0.331. The van der Waals surface area contributed by atoms with Crippen molar-refractivity contribution in [2.75, 3.05) is 0 Å². The molecule has 1 saturated carbocycles. The Morgan fingerprint density at radius 3 is 2.32 bits per heavy atom. The normalized spacial score (nSPS) is 20.5. The van der Waals surface area contributed by atoms with Gasteiger partial charge in [0, 0.05) is 12.8 Å². The number of benzene rings is 1. The zero-order valence-electron chi connectivity index (χ0n) is 11.8. The van der Waals surface area contributed by atoms with Crippen molar-refractivity contribution in [2.45, 2.75) is 37.9 Å². The molecule has 2 fully saturated rings. The fraction of sp³-hybridized carbons (Fsp3) is 0.375. The van der Waals surface area contributed by atoms with Crippen molar-refractivity contribution in [3.05, 3.63) is 32.9 Å². The lowest BCUT2D eigenvalue weighted by atomic mass is 9.93. The first-order chi connectivity index (χ1) is 10.5. The summed E-state index contributed by atoms with van der Waals surface area (Å²) in [5.74, 6) is -2.19. The van der Waals surface area contributed by atoms with Crippen LogP contribution in [0.25, 0.3) is 6.08 Å². The van der Waals surface area contributed by atoms with Crippen LogP contribution in [0.1, 0.15) is 37.7 Å². The van der Waals surface area contributed by atoms with E-state index in [0.29, 0.717) is 22.0 Å². The average molecular weight is 414 g/mol. The van der Waals surface area contributed by atoms with Crippen LogP contribution in [-0.2, 0) is 19.1 Å². The van der Waals surface area contributed by atoms with Gasteiger partial charge < -0.3 is 14.6 Å². The van der Waals surface area contributed by atoms with Crippen LogP contribution >= 0.6 is 22.6 Å². The van der Waals surface area contributed by atoms with E-state index in [9.17, 15) is 14.7 Å². The van der Waals surface area contributed by atoms with Gasteiger partial charge in [0.2, 0.25) is 0 Å². The summed E-state index contributed by atoms with van der Waals surface area (Å²) in [5.41, 5.74) is 0.517. The number of phenolic OH excluding ortho intramolecular Hbond substituents is 1. The molecule has 1 aliphatic heterocycles. The molecule has 1 aromatic rings. The SMILES string of the molecule is O=C1OC2(CCCCC2)OC(=O)C1=Cc1ccc(O)c(I)c1. The molecule has 0 amide bonds. The van der Waals surface area contributed by atoms with E-state index in [1.165, 1.54) is 12.1 Å². The molecule has 0 aromatic heterocycles. The maximum absolute atomic E-state index is 12.2. The Kier molecular flexibility index (Phi) is 4.12. The van der Waals surface area contributed by atoms with Gasteiger partial charge in [-0.25, -0.2) is 9.59 Å². The maximum atomic E-state index is 12.2. The minimum atomic E-state index is -1.06. The van der Waals surface area contributed by atoms with Crippen LogP contribution in [0.3, 0.4) is 0 Å². The first kappa shape index (κ1) is 15.3. The first-order valence-corrected chi connectivity index (χ1v) is 8.24. The van der Waals surface area contributed by atoms with Gasteiger partial charge in [-0.2, -0.15) is 0 Å². The highest BCUT2D eigenvalue weighted by Crippen LogP contribution is 2.37. The summed E-state index contributed by atoms with van der Waals surface area (Å²) in [5, 5.41) is 9.51. The lowest BCUT2D eigenvalue weighted by molar-refractivity contribution is -0.244. The van der Waals surface area contributed by atoms with Gasteiger partial charge in [-0.3, -0.25) is 0 Å². The van der Waals surface area contributed by atoms with Crippen LogP contribution in [0.15, 0.2) is 23.8 Å². The molecule has 0 unspecified atom stereocenters. The van der Waals surface area contributed by atoms with E-state index in [-0.39, 0.29) is 11.3 Å². The zero-order chi connectivity index (χ0) is 15.7. The topological polar surface area (TPSA) is 72.8 Å². The molecule has 3 rings (SSSR count). The Labute approximate surface area is 141 Å². The molecule has 2 aliphatic rings. The third kappa shape index (κ3) is 2.97. The molecule has 0 atom stereocenters. The highest BCUT2D eigenvalue weighted by Gasteiger charge is 2.46. The van der Waals surface area contributed by atoms with E-state index in [4.69, 9.17) is 9.47 Å². The molecular weight excluding hydrogens is 399 g/mol. The molecule has 6 heteroatoms. The Morgan fingerprint density at radius 1 is 1.09 bits per heavy atom. The third-order valence-corrected chi connectivity index (χ3v) is 4.76. The summed E-state index contributed by atoms with van der Waals surface area (Å²) in [6.45, 7) is 0. The van der Waals surface area contributed by atoms with Crippen molar-refractivity contribution in [3.8, 4) is 5.75 Å². The van der Waals surface area contributed by atoms with Gasteiger partial charge in [0.15, 0.2) is 0 Å². The molecule has 22 heavy (non-hydrogen) atoms. The van der Waals surface area contributed by atoms with E-state index in [1.807, 2.05) is 22.6 Å². The number of halogens is 1. The monoisotopic (exact) mass is 414 g/mol. The van der Waals surface area contributed by atoms with Gasteiger partial charge in [0.1, 0.15) is 11.3 Å². The Bertz CT molecular complexity index is 637. The molecule has 1 spiro atoms. The fourth-order valence-electron chi connectivity index (χ4n) is 2.74. The minimum Gasteiger partial charge on any atom is -0.507 e. The third-order valence-electron chi connectivity index (χ3n) is 3.90. The molecule has 116 valence electrons. The number of aromatic hydroxyl groups is 1. The van der Waals surface area contributed by atoms with E-state index in [1.54, 1.807) is 12.1 Å². The van der Waals surface area contributed by atoms with Crippen LogP contribution in [0.2, 0.25) is 0 Å². The summed E-state index contributed by atoms with van der Waals surface area (Å²) < 4.78 is 11.5. The summed E-state index contributed by atoms with van der Waals surface area (Å²) in [6.07, 6.45) is 5.39. The molecule has 5 nitrogen and oxygen atoms in total. The number of phenols is 1. The van der Waals surface area contributed by atoms with Crippen molar-refractivity contribution in [3.63, 3.8) is 0 Å². The number of rotatable bonds is 1. The molecule has 1 aromatic carbocycles. The number of carbonyl (C=O) groups is 2. The second-order valence-corrected chi connectivity index (χ2v) is 6.68. The number of esters is 2. The molecule has 0 bridgehead atoms. The molecule has 1 saturated heterocycles. The summed E-state index contributed by atoms with van der Waals surface area (Å²) in [6, 6.07) is 4.81. The lowest BCUT2D eigenvalue weighted by Crippen LogP contribution is -2.47. The van der Waals surface area contributed by atoms with Gasteiger partial charge in [-0.05, 0) is 59.2 Å². The van der Waals surface area contributed by atoms with Gasteiger partial charge in [-0.1, -0.05) is 12.5 Å². The molecular formula is C16H15IO5. The molecule has 1 heterocycles. The van der Waals surface area contributed by atoms with Crippen LogP contribution < -0.4 is 0 Å². The van der Waals surface area contributed by atoms with Crippen molar-refractivity contribution >= 4 is 40.6 Å².